The third-order valence-corrected chi connectivity index (χ3v) is 11.6. The van der Waals surface area contributed by atoms with Crippen LogP contribution in [0.4, 0.5) is 5.69 Å². The average molecular weight is 704 g/mol. The number of hydrogen-bond acceptors (Lipinski definition) is 3. The van der Waals surface area contributed by atoms with Crippen LogP contribution >= 0.6 is 0 Å². The third-order valence-electron chi connectivity index (χ3n) is 11.6. The summed E-state index contributed by atoms with van der Waals surface area (Å²) in [6.07, 6.45) is 20.7. The highest BCUT2D eigenvalue weighted by Crippen LogP contribution is 2.45. The molecule has 0 amide bonds. The summed E-state index contributed by atoms with van der Waals surface area (Å²) in [4.78, 5) is 5.76. The van der Waals surface area contributed by atoms with Crippen LogP contribution in [0.3, 0.4) is 0 Å². The molecule has 0 heterocycles. The van der Waals surface area contributed by atoms with Crippen LogP contribution in [0.1, 0.15) is 62.8 Å². The quantitative estimate of drug-likeness (QED) is 0.0877. The highest BCUT2D eigenvalue weighted by molar-refractivity contribution is 6.17. The zero-order valence-corrected chi connectivity index (χ0v) is 31.8. The summed E-state index contributed by atoms with van der Waals surface area (Å²) >= 11 is 0. The lowest BCUT2D eigenvalue weighted by Gasteiger charge is -2.30. The van der Waals surface area contributed by atoms with Crippen LogP contribution in [0.5, 0.6) is 0 Å². The molecule has 4 aromatic rings. The molecule has 54 heavy (non-hydrogen) atoms. The second kappa shape index (κ2) is 15.3. The molecule has 4 atom stereocenters. The van der Waals surface area contributed by atoms with Crippen molar-refractivity contribution >= 4 is 22.5 Å². The van der Waals surface area contributed by atoms with E-state index in [2.05, 4.69) is 171 Å². The molecule has 3 nitrogen and oxygen atoms in total. The van der Waals surface area contributed by atoms with Crippen molar-refractivity contribution in [3.63, 3.8) is 0 Å². The van der Waals surface area contributed by atoms with Gasteiger partial charge in [-0.1, -0.05) is 147 Å². The number of allylic oxidation sites excluding steroid dienone is 11. The summed E-state index contributed by atoms with van der Waals surface area (Å²) in [6.45, 7) is 6.87. The molecule has 0 fully saturated rings. The van der Waals surface area contributed by atoms with Gasteiger partial charge in [0.1, 0.15) is 0 Å². The number of hydrogen-bond donors (Lipinski definition) is 2. The van der Waals surface area contributed by atoms with E-state index in [9.17, 15) is 0 Å². The fourth-order valence-corrected chi connectivity index (χ4v) is 8.31. The highest BCUT2D eigenvalue weighted by Gasteiger charge is 2.31. The van der Waals surface area contributed by atoms with E-state index in [0.717, 1.165) is 24.9 Å². The molecule has 0 radical (unpaired) electrons. The van der Waals surface area contributed by atoms with Gasteiger partial charge in [-0.15, -0.1) is 5.73 Å². The summed E-state index contributed by atoms with van der Waals surface area (Å²) in [6, 6.07) is 35.1. The number of nitrogens with zero attached hydrogens (tertiary/aromatic N) is 1. The van der Waals surface area contributed by atoms with E-state index in [1.54, 1.807) is 0 Å². The molecule has 8 rings (SSSR count). The van der Waals surface area contributed by atoms with Gasteiger partial charge in [-0.2, -0.15) is 0 Å². The van der Waals surface area contributed by atoms with Gasteiger partial charge in [0.2, 0.25) is 0 Å². The maximum absolute atomic E-state index is 6.37. The van der Waals surface area contributed by atoms with Gasteiger partial charge in [-0.3, -0.25) is 4.99 Å². The van der Waals surface area contributed by atoms with Gasteiger partial charge >= 0.3 is 0 Å². The maximum atomic E-state index is 6.37. The maximum Gasteiger partial charge on any atom is 0.0964 e. The molecule has 4 aliphatic rings. The number of nitrogens with one attached hydrogen (secondary N) is 1. The first kappa shape index (κ1) is 35.3. The van der Waals surface area contributed by atoms with Crippen LogP contribution in [-0.2, 0) is 0 Å². The third kappa shape index (κ3) is 6.78. The lowest BCUT2D eigenvalue weighted by molar-refractivity contribution is 0.636. The van der Waals surface area contributed by atoms with Crippen LogP contribution in [0.25, 0.3) is 33.4 Å². The minimum absolute atomic E-state index is 0.0872. The van der Waals surface area contributed by atoms with Crippen molar-refractivity contribution in [1.29, 1.82) is 0 Å². The van der Waals surface area contributed by atoms with Gasteiger partial charge in [0, 0.05) is 41.5 Å². The van der Waals surface area contributed by atoms with Crippen molar-refractivity contribution in [2.75, 3.05) is 12.4 Å². The van der Waals surface area contributed by atoms with Crippen molar-refractivity contribution in [2.24, 2.45) is 22.6 Å². The van der Waals surface area contributed by atoms with Gasteiger partial charge in [0.05, 0.1) is 6.04 Å². The van der Waals surface area contributed by atoms with Crippen molar-refractivity contribution in [1.82, 2.24) is 0 Å². The van der Waals surface area contributed by atoms with Crippen molar-refractivity contribution in [3.8, 4) is 22.3 Å². The Morgan fingerprint density at radius 2 is 1.56 bits per heavy atom. The molecule has 268 valence electrons. The Morgan fingerprint density at radius 3 is 2.19 bits per heavy atom. The minimum Gasteiger partial charge on any atom is -0.388 e. The summed E-state index contributed by atoms with van der Waals surface area (Å²) in [5.41, 5.74) is 28.4. The Morgan fingerprint density at radius 1 is 0.870 bits per heavy atom. The van der Waals surface area contributed by atoms with Crippen LogP contribution in [0.2, 0.25) is 0 Å². The Kier molecular flexibility index (Phi) is 10.0. The van der Waals surface area contributed by atoms with E-state index in [0.29, 0.717) is 0 Å². The molecule has 4 aromatic carbocycles. The van der Waals surface area contributed by atoms with Crippen molar-refractivity contribution in [2.45, 2.75) is 52.1 Å². The second-order valence-electron chi connectivity index (χ2n) is 14.9. The summed E-state index contributed by atoms with van der Waals surface area (Å²) in [5, 5.41) is 3.55. The van der Waals surface area contributed by atoms with Crippen LogP contribution < -0.4 is 11.1 Å². The lowest BCUT2D eigenvalue weighted by atomic mass is 9.82. The minimum atomic E-state index is -0.0886. The average Bonchev–Trinajstić information content (AvgIpc) is 3.99. The summed E-state index contributed by atoms with van der Waals surface area (Å²) < 4.78 is 0. The number of nitrogens with two attached hydrogens (primary N) is 1. The fraction of sp³-hybridized carbons (Fsp3) is 0.216. The first-order valence-electron chi connectivity index (χ1n) is 19.5. The zero-order valence-electron chi connectivity index (χ0n) is 31.8. The predicted octanol–water partition coefficient (Wildman–Crippen LogP) is 12.3. The van der Waals surface area contributed by atoms with Crippen molar-refractivity contribution in [3.05, 3.63) is 190 Å². The standard InChI is InChI=1S/C51H49N3/c1-5-33(2)50(47-19-11-17-46(47)49-45(18-12-20-48(49)53-4)44-30-29-43(34(44)3)39-15-9-10-16-39)54-51(41-31-42(52)32-41)40-27-25-38(26-28-40)37-23-21-36(22-24-37)35-13-7-6-8-14-35/h6-10,12-15,17-31,33,42-43,51,53H,5,11,32,52H2,1-4H3/b54-50+. The SMILES string of the molecule is CCC(C)/C(=N\C(C1=CC(N)C1)c1ccc(-c2ccc(-c3ccccc3)cc2)cc1)C1=CCC=C1c1c(NC)cccc1C1=C(C)C(C2=C=CC=C2)C=C1. The first-order chi connectivity index (χ1) is 26.4. The Labute approximate surface area is 321 Å². The molecule has 3 heteroatoms. The molecule has 0 aromatic heterocycles. The zero-order chi connectivity index (χ0) is 37.2. The molecule has 3 N–H and O–H groups in total. The smallest absolute Gasteiger partial charge is 0.0964 e. The molecule has 0 saturated heterocycles. The molecular formula is C51H49N3. The van der Waals surface area contributed by atoms with Gasteiger partial charge < -0.3 is 11.1 Å². The largest absolute Gasteiger partial charge is 0.388 e. The lowest BCUT2D eigenvalue weighted by Crippen LogP contribution is -2.29. The Hall–Kier alpha value is -5.73. The number of anilines is 1. The van der Waals surface area contributed by atoms with Crippen LogP contribution in [0, 0.1) is 11.8 Å². The molecule has 0 bridgehead atoms. The highest BCUT2D eigenvalue weighted by atomic mass is 14.8. The van der Waals surface area contributed by atoms with E-state index in [-0.39, 0.29) is 23.9 Å². The Bertz CT molecular complexity index is 2350. The predicted molar refractivity (Wildman–Crippen MR) is 230 cm³/mol. The van der Waals surface area contributed by atoms with Gasteiger partial charge in [0.25, 0.3) is 0 Å². The van der Waals surface area contributed by atoms with E-state index >= 15 is 0 Å². The van der Waals surface area contributed by atoms with Crippen molar-refractivity contribution < 1.29 is 0 Å². The summed E-state index contributed by atoms with van der Waals surface area (Å²) in [5.74, 6) is 0.514. The van der Waals surface area contributed by atoms with E-state index in [1.807, 2.05) is 13.1 Å². The monoisotopic (exact) mass is 703 g/mol. The van der Waals surface area contributed by atoms with E-state index in [4.69, 9.17) is 10.7 Å². The van der Waals surface area contributed by atoms with E-state index < -0.39 is 0 Å². The topological polar surface area (TPSA) is 50.4 Å². The Balaban J connectivity index is 1.15. The molecule has 4 aliphatic carbocycles. The molecular weight excluding hydrogens is 655 g/mol. The number of aliphatic imine (C=N–C) groups is 1. The molecule has 0 spiro atoms. The molecule has 0 saturated carbocycles. The van der Waals surface area contributed by atoms with E-state index in [1.165, 1.54) is 78.1 Å². The van der Waals surface area contributed by atoms with Gasteiger partial charge in [0.15, 0.2) is 0 Å². The van der Waals surface area contributed by atoms with Gasteiger partial charge in [-0.25, -0.2) is 0 Å². The molecule has 0 aliphatic heterocycles. The summed E-state index contributed by atoms with van der Waals surface area (Å²) in [7, 11) is 2.03. The van der Waals surface area contributed by atoms with Gasteiger partial charge in [-0.05, 0) is 106 Å². The first-order valence-corrected chi connectivity index (χ1v) is 19.5. The van der Waals surface area contributed by atoms with Crippen LogP contribution in [-0.4, -0.2) is 18.8 Å². The second-order valence-corrected chi connectivity index (χ2v) is 14.9. The fourth-order valence-electron chi connectivity index (χ4n) is 8.31. The number of rotatable bonds is 12. The normalized spacial score (nSPS) is 20.1. The number of benzene rings is 4. The van der Waals surface area contributed by atoms with Crippen LogP contribution in [0.15, 0.2) is 179 Å². The molecule has 4 unspecified atom stereocenters.